The van der Waals surface area contributed by atoms with Gasteiger partial charge in [-0.2, -0.15) is 13.1 Å². The molecule has 4 saturated carbocycles. The van der Waals surface area contributed by atoms with Crippen LogP contribution in [-0.2, 0) is 23.5 Å². The lowest BCUT2D eigenvalue weighted by atomic mass is 9.48. The molecule has 4 fully saturated rings. The summed E-state index contributed by atoms with van der Waals surface area (Å²) in [4.78, 5) is 28.1. The normalized spacial score (nSPS) is 32.1. The summed E-state index contributed by atoms with van der Waals surface area (Å²) >= 11 is 3.07. The van der Waals surface area contributed by atoms with Crippen LogP contribution in [0.15, 0.2) is 24.3 Å². The van der Waals surface area contributed by atoms with E-state index in [2.05, 4.69) is 22.1 Å². The van der Waals surface area contributed by atoms with Gasteiger partial charge in [0.05, 0.1) is 12.2 Å². The molecule has 4 bridgehead atoms. The lowest BCUT2D eigenvalue weighted by Gasteiger charge is -2.60. The Kier molecular flexibility index (Phi) is 5.57. The topological polar surface area (TPSA) is 71.1 Å². The molecule has 9 heteroatoms. The van der Waals surface area contributed by atoms with Gasteiger partial charge in [0.15, 0.2) is 0 Å². The minimum absolute atomic E-state index is 0.172. The Morgan fingerprint density at radius 1 is 1.13 bits per heavy atom. The van der Waals surface area contributed by atoms with Crippen LogP contribution >= 0.6 is 12.9 Å². The van der Waals surface area contributed by atoms with E-state index in [1.165, 1.54) is 0 Å². The number of hydrogen-bond donors (Lipinski definition) is 1. The van der Waals surface area contributed by atoms with Crippen LogP contribution in [0.3, 0.4) is 0 Å². The Hall–Kier alpha value is -1.71. The number of ether oxygens (including phenoxy) is 2. The Labute approximate surface area is 178 Å². The van der Waals surface area contributed by atoms with Gasteiger partial charge in [-0.05, 0) is 69.4 Å². The van der Waals surface area contributed by atoms with Crippen LogP contribution in [0.4, 0.5) is 8.78 Å². The van der Waals surface area contributed by atoms with Crippen molar-refractivity contribution < 1.29 is 37.1 Å². The number of halogens is 2. The lowest BCUT2D eigenvalue weighted by molar-refractivity contribution is -0.370. The van der Waals surface area contributed by atoms with Crippen molar-refractivity contribution in [2.24, 2.45) is 17.3 Å². The van der Waals surface area contributed by atoms with E-state index in [1.54, 1.807) is 12.1 Å². The third-order valence-electron chi connectivity index (χ3n) is 6.61. The molecule has 0 amide bonds. The predicted molar refractivity (Wildman–Crippen MR) is 104 cm³/mol. The first-order chi connectivity index (χ1) is 14.1. The van der Waals surface area contributed by atoms with Gasteiger partial charge in [0.1, 0.15) is 5.60 Å². The molecule has 4 aliphatic carbocycles. The summed E-state index contributed by atoms with van der Waals surface area (Å²) in [5.41, 5.74) is 0.406. The number of esters is 2. The van der Waals surface area contributed by atoms with Crippen LogP contribution < -0.4 is 0 Å². The Balaban J connectivity index is 1.47. The molecule has 0 spiro atoms. The zero-order valence-electron chi connectivity index (χ0n) is 16.6. The summed E-state index contributed by atoms with van der Waals surface area (Å²) in [6.07, 6.45) is 0.304. The van der Waals surface area contributed by atoms with Gasteiger partial charge in [-0.1, -0.05) is 17.7 Å². The van der Waals surface area contributed by atoms with Crippen LogP contribution in [0.25, 0.3) is 0 Å². The highest BCUT2D eigenvalue weighted by atomic mass is 32.1. The first-order valence-corrected chi connectivity index (χ1v) is 10.4. The molecular weight excluding hydrogens is 418 g/mol. The highest BCUT2D eigenvalue weighted by molar-refractivity contribution is 7.74. The molecular formula is C21H24F2O6S. The highest BCUT2D eigenvalue weighted by Crippen LogP contribution is 2.63. The van der Waals surface area contributed by atoms with Crippen molar-refractivity contribution >= 4 is 24.8 Å². The summed E-state index contributed by atoms with van der Waals surface area (Å²) < 4.78 is 41.6. The van der Waals surface area contributed by atoms with Crippen molar-refractivity contribution in [2.45, 2.75) is 57.2 Å². The van der Waals surface area contributed by atoms with E-state index < -0.39 is 23.1 Å². The van der Waals surface area contributed by atoms with E-state index >= 15 is 0 Å². The van der Waals surface area contributed by atoms with Crippen LogP contribution in [0.2, 0.25) is 0 Å². The van der Waals surface area contributed by atoms with Crippen LogP contribution in [0.1, 0.15) is 54.4 Å². The van der Waals surface area contributed by atoms with Crippen molar-refractivity contribution in [3.8, 4) is 0 Å². The standard InChI is InChI=1S/C21H24F2O6S/c1-13-2-4-16(5-3-13)17(24)27-20-9-14-6-15(10-20)8-19(7-14,11-20)12-26-18(25)21(22,23)28-29-30/h2-5,14-15,30H,6-12H2,1H3. The average Bonchev–Trinajstić information content (AvgIpc) is 2.65. The van der Waals surface area contributed by atoms with Gasteiger partial charge in [-0.3, -0.25) is 0 Å². The van der Waals surface area contributed by atoms with Gasteiger partial charge < -0.3 is 9.47 Å². The Morgan fingerprint density at radius 3 is 2.37 bits per heavy atom. The lowest BCUT2D eigenvalue weighted by Crippen LogP contribution is -2.59. The summed E-state index contributed by atoms with van der Waals surface area (Å²) in [5.74, 6) is -1.57. The van der Waals surface area contributed by atoms with Crippen molar-refractivity contribution in [1.82, 2.24) is 0 Å². The van der Waals surface area contributed by atoms with E-state index in [9.17, 15) is 18.4 Å². The summed E-state index contributed by atoms with van der Waals surface area (Å²) in [5, 5.41) is 0. The maximum atomic E-state index is 13.5. The number of benzene rings is 1. The van der Waals surface area contributed by atoms with Gasteiger partial charge >= 0.3 is 18.0 Å². The highest BCUT2D eigenvalue weighted by Gasteiger charge is 2.60. The first kappa shape index (κ1) is 21.5. The first-order valence-electron chi connectivity index (χ1n) is 9.99. The quantitative estimate of drug-likeness (QED) is 0.222. The third-order valence-corrected chi connectivity index (χ3v) is 6.69. The monoisotopic (exact) mass is 442 g/mol. The smallest absolute Gasteiger partial charge is 0.459 e. The van der Waals surface area contributed by atoms with E-state index in [0.717, 1.165) is 37.7 Å². The van der Waals surface area contributed by atoms with E-state index in [-0.39, 0.29) is 12.6 Å². The molecule has 0 saturated heterocycles. The van der Waals surface area contributed by atoms with Crippen molar-refractivity contribution in [3.05, 3.63) is 35.4 Å². The van der Waals surface area contributed by atoms with Crippen molar-refractivity contribution in [1.29, 1.82) is 0 Å². The maximum absolute atomic E-state index is 13.5. The van der Waals surface area contributed by atoms with Gasteiger partial charge in [-0.15, -0.1) is 4.89 Å². The molecule has 0 heterocycles. The van der Waals surface area contributed by atoms with Gasteiger partial charge in [0.25, 0.3) is 0 Å². The SMILES string of the molecule is Cc1ccc(C(=O)OC23CC4CC(CC(COC(=O)C(F)(F)OOS)(C4)C2)C3)cc1. The molecule has 2 unspecified atom stereocenters. The molecule has 6 nitrogen and oxygen atoms in total. The number of alkyl halides is 2. The molecule has 0 N–H and O–H groups in total. The number of rotatable bonds is 7. The molecule has 0 radical (unpaired) electrons. The number of carbonyl (C=O) groups excluding carboxylic acids is 2. The largest absolute Gasteiger partial charge is 0.483 e. The van der Waals surface area contributed by atoms with Gasteiger partial charge in [0, 0.05) is 18.3 Å². The molecule has 5 rings (SSSR count). The molecule has 0 aliphatic heterocycles. The molecule has 0 aromatic heterocycles. The van der Waals surface area contributed by atoms with Gasteiger partial charge in [-0.25, -0.2) is 9.59 Å². The number of thiol groups is 1. The van der Waals surface area contributed by atoms with Crippen molar-refractivity contribution in [2.75, 3.05) is 6.61 Å². The van der Waals surface area contributed by atoms with Crippen LogP contribution in [0, 0.1) is 24.2 Å². The number of hydrogen-bond acceptors (Lipinski definition) is 7. The second-order valence-electron chi connectivity index (χ2n) is 9.15. The zero-order chi connectivity index (χ0) is 21.6. The summed E-state index contributed by atoms with van der Waals surface area (Å²) in [6, 6.07) is 7.19. The van der Waals surface area contributed by atoms with E-state index in [0.29, 0.717) is 23.8 Å². The molecule has 1 aromatic carbocycles. The minimum atomic E-state index is -4.24. The summed E-state index contributed by atoms with van der Waals surface area (Å²) in [7, 11) is 0. The fourth-order valence-corrected chi connectivity index (χ4v) is 6.08. The fourth-order valence-electron chi connectivity index (χ4n) is 5.98. The zero-order valence-corrected chi connectivity index (χ0v) is 17.5. The third kappa shape index (κ3) is 4.20. The maximum Gasteiger partial charge on any atom is 0.483 e. The second-order valence-corrected chi connectivity index (χ2v) is 9.30. The molecule has 164 valence electrons. The predicted octanol–water partition coefficient (Wildman–Crippen LogP) is 4.42. The molecule has 1 aromatic rings. The van der Waals surface area contributed by atoms with E-state index in [1.807, 2.05) is 19.1 Å². The second kappa shape index (κ2) is 7.76. The van der Waals surface area contributed by atoms with Crippen molar-refractivity contribution in [3.63, 3.8) is 0 Å². The Morgan fingerprint density at radius 2 is 1.77 bits per heavy atom. The Bertz CT molecular complexity index is 813. The molecule has 30 heavy (non-hydrogen) atoms. The fraction of sp³-hybridized carbons (Fsp3) is 0.619. The molecule has 2 atom stereocenters. The van der Waals surface area contributed by atoms with Crippen LogP contribution in [-0.4, -0.2) is 30.3 Å². The van der Waals surface area contributed by atoms with E-state index in [4.69, 9.17) is 9.47 Å². The van der Waals surface area contributed by atoms with Gasteiger partial charge in [0.2, 0.25) is 0 Å². The number of aryl methyl sites for hydroxylation is 1. The minimum Gasteiger partial charge on any atom is -0.459 e. The van der Waals surface area contributed by atoms with Crippen LogP contribution in [0.5, 0.6) is 0 Å². The molecule has 4 aliphatic rings. The average molecular weight is 442 g/mol. The number of carbonyl (C=O) groups is 2. The summed E-state index contributed by atoms with van der Waals surface area (Å²) in [6.45, 7) is 1.77.